The molecular weight excluding hydrogens is 266 g/mol. The molecule has 0 aliphatic carbocycles. The Morgan fingerprint density at radius 3 is 2.79 bits per heavy atom. The van der Waals surface area contributed by atoms with Crippen LogP contribution in [-0.4, -0.2) is 29.7 Å². The average Bonchev–Trinajstić information content (AvgIpc) is 2.75. The molecule has 0 unspecified atom stereocenters. The van der Waals surface area contributed by atoms with E-state index in [0.717, 1.165) is 5.69 Å². The second-order valence-corrected chi connectivity index (χ2v) is 5.67. The normalized spacial score (nSPS) is 11.6. The number of hydrogen-bond acceptors (Lipinski definition) is 5. The first kappa shape index (κ1) is 13.5. The minimum atomic E-state index is -3.67. The fourth-order valence-electron chi connectivity index (χ4n) is 1.66. The number of aromatic nitrogens is 3. The van der Waals surface area contributed by atoms with Gasteiger partial charge in [-0.25, -0.2) is 18.1 Å². The van der Waals surface area contributed by atoms with Gasteiger partial charge in [-0.3, -0.25) is 4.68 Å². The van der Waals surface area contributed by atoms with E-state index >= 15 is 0 Å². The lowest BCUT2D eigenvalue weighted by atomic mass is 10.3. The van der Waals surface area contributed by atoms with Crippen molar-refractivity contribution in [1.29, 1.82) is 0 Å². The van der Waals surface area contributed by atoms with Crippen molar-refractivity contribution in [2.75, 3.05) is 12.3 Å². The van der Waals surface area contributed by atoms with Crippen LogP contribution in [0.1, 0.15) is 5.69 Å². The third kappa shape index (κ3) is 3.09. The van der Waals surface area contributed by atoms with E-state index in [1.807, 2.05) is 6.07 Å². The van der Waals surface area contributed by atoms with Crippen molar-refractivity contribution >= 4 is 15.7 Å². The molecule has 0 fully saturated rings. The van der Waals surface area contributed by atoms with E-state index in [0.29, 0.717) is 6.42 Å². The summed E-state index contributed by atoms with van der Waals surface area (Å²) in [5, 5.41) is 3.87. The number of sulfonamides is 1. The van der Waals surface area contributed by atoms with E-state index in [-0.39, 0.29) is 17.3 Å². The van der Waals surface area contributed by atoms with Crippen LogP contribution >= 0.6 is 0 Å². The average molecular weight is 281 g/mol. The first-order chi connectivity index (χ1) is 9.00. The molecule has 2 aromatic rings. The third-order valence-electron chi connectivity index (χ3n) is 2.65. The number of rotatable bonds is 5. The van der Waals surface area contributed by atoms with Crippen molar-refractivity contribution in [3.63, 3.8) is 0 Å². The van der Waals surface area contributed by atoms with Gasteiger partial charge in [0.25, 0.3) is 10.0 Å². The molecule has 0 spiro atoms. The van der Waals surface area contributed by atoms with Crippen LogP contribution in [0.3, 0.4) is 0 Å². The summed E-state index contributed by atoms with van der Waals surface area (Å²) in [6, 6.07) is 4.93. The molecule has 19 heavy (non-hydrogen) atoms. The minimum Gasteiger partial charge on any atom is -0.396 e. The molecule has 2 heterocycles. The van der Waals surface area contributed by atoms with Crippen LogP contribution in [0, 0.1) is 0 Å². The monoisotopic (exact) mass is 281 g/mol. The highest BCUT2D eigenvalue weighted by molar-refractivity contribution is 7.89. The highest BCUT2D eigenvalue weighted by Gasteiger charge is 2.18. The number of hydrogen-bond donors (Lipinski definition) is 2. The Hall–Kier alpha value is -1.93. The SMILES string of the molecule is Cn1nccc1CCNS(=O)(=O)c1ncccc1N. The summed E-state index contributed by atoms with van der Waals surface area (Å²) >= 11 is 0. The smallest absolute Gasteiger partial charge is 0.260 e. The molecule has 0 amide bonds. The molecule has 8 heteroatoms. The maximum absolute atomic E-state index is 12.0. The van der Waals surface area contributed by atoms with Crippen molar-refractivity contribution in [2.24, 2.45) is 7.05 Å². The van der Waals surface area contributed by atoms with Crippen LogP contribution in [0.25, 0.3) is 0 Å². The van der Waals surface area contributed by atoms with E-state index in [4.69, 9.17) is 5.73 Å². The lowest BCUT2D eigenvalue weighted by Crippen LogP contribution is -2.28. The van der Waals surface area contributed by atoms with Gasteiger partial charge in [0.05, 0.1) is 5.69 Å². The van der Waals surface area contributed by atoms with Crippen LogP contribution in [0.2, 0.25) is 0 Å². The zero-order chi connectivity index (χ0) is 13.9. The summed E-state index contributed by atoms with van der Waals surface area (Å²) in [7, 11) is -1.87. The van der Waals surface area contributed by atoms with Gasteiger partial charge in [-0.05, 0) is 18.2 Å². The molecule has 0 bridgehead atoms. The van der Waals surface area contributed by atoms with Gasteiger partial charge in [0.2, 0.25) is 0 Å². The fraction of sp³-hybridized carbons (Fsp3) is 0.273. The Balaban J connectivity index is 2.03. The topological polar surface area (TPSA) is 103 Å². The molecule has 0 saturated heterocycles. The Kier molecular flexibility index (Phi) is 3.82. The van der Waals surface area contributed by atoms with Crippen LogP contribution in [0.15, 0.2) is 35.6 Å². The van der Waals surface area contributed by atoms with Gasteiger partial charge in [-0.1, -0.05) is 0 Å². The zero-order valence-corrected chi connectivity index (χ0v) is 11.3. The maximum Gasteiger partial charge on any atom is 0.260 e. The highest BCUT2D eigenvalue weighted by Crippen LogP contribution is 2.13. The lowest BCUT2D eigenvalue weighted by molar-refractivity contribution is 0.576. The molecule has 0 aliphatic rings. The van der Waals surface area contributed by atoms with Gasteiger partial charge in [0.15, 0.2) is 5.03 Å². The number of anilines is 1. The summed E-state index contributed by atoms with van der Waals surface area (Å²) < 4.78 is 28.1. The summed E-state index contributed by atoms with van der Waals surface area (Å²) in [6.45, 7) is 0.262. The van der Waals surface area contributed by atoms with Gasteiger partial charge >= 0.3 is 0 Å². The second-order valence-electron chi connectivity index (χ2n) is 3.99. The molecule has 0 aliphatic heterocycles. The maximum atomic E-state index is 12.0. The van der Waals surface area contributed by atoms with E-state index in [9.17, 15) is 8.42 Å². The van der Waals surface area contributed by atoms with Crippen LogP contribution in [-0.2, 0) is 23.5 Å². The van der Waals surface area contributed by atoms with Gasteiger partial charge in [-0.15, -0.1) is 0 Å². The summed E-state index contributed by atoms with van der Waals surface area (Å²) in [5.74, 6) is 0. The molecule has 3 N–H and O–H groups in total. The quantitative estimate of drug-likeness (QED) is 0.798. The molecular formula is C11H15N5O2S. The van der Waals surface area contributed by atoms with Crippen molar-refractivity contribution < 1.29 is 8.42 Å². The molecule has 0 aromatic carbocycles. The molecule has 102 valence electrons. The first-order valence-electron chi connectivity index (χ1n) is 5.68. The molecule has 0 atom stereocenters. The molecule has 7 nitrogen and oxygen atoms in total. The van der Waals surface area contributed by atoms with Crippen LogP contribution in [0.4, 0.5) is 5.69 Å². The Morgan fingerprint density at radius 2 is 2.16 bits per heavy atom. The summed E-state index contributed by atoms with van der Waals surface area (Å²) in [6.07, 6.45) is 3.61. The first-order valence-corrected chi connectivity index (χ1v) is 7.16. The van der Waals surface area contributed by atoms with Crippen molar-refractivity contribution in [3.8, 4) is 0 Å². The lowest BCUT2D eigenvalue weighted by Gasteiger charge is -2.07. The molecule has 2 rings (SSSR count). The van der Waals surface area contributed by atoms with Crippen molar-refractivity contribution in [1.82, 2.24) is 19.5 Å². The van der Waals surface area contributed by atoms with Gasteiger partial charge < -0.3 is 5.73 Å². The number of aryl methyl sites for hydroxylation is 1. The van der Waals surface area contributed by atoms with E-state index in [2.05, 4.69) is 14.8 Å². The van der Waals surface area contributed by atoms with Gasteiger partial charge in [-0.2, -0.15) is 5.10 Å². The van der Waals surface area contributed by atoms with E-state index in [1.54, 1.807) is 24.0 Å². The van der Waals surface area contributed by atoms with Gasteiger partial charge in [0.1, 0.15) is 0 Å². The number of nitrogens with two attached hydrogens (primary N) is 1. The molecule has 0 radical (unpaired) electrons. The number of pyridine rings is 1. The molecule has 2 aromatic heterocycles. The third-order valence-corrected chi connectivity index (χ3v) is 4.09. The van der Waals surface area contributed by atoms with E-state index in [1.165, 1.54) is 12.3 Å². The zero-order valence-electron chi connectivity index (χ0n) is 10.4. The Labute approximate surface area is 111 Å². The van der Waals surface area contributed by atoms with Crippen molar-refractivity contribution in [2.45, 2.75) is 11.4 Å². The number of nitrogen functional groups attached to an aromatic ring is 1. The van der Waals surface area contributed by atoms with Crippen LogP contribution < -0.4 is 10.5 Å². The Morgan fingerprint density at radius 1 is 1.37 bits per heavy atom. The number of nitrogens with one attached hydrogen (secondary N) is 1. The highest BCUT2D eigenvalue weighted by atomic mass is 32.2. The fourth-order valence-corrected chi connectivity index (χ4v) is 2.74. The summed E-state index contributed by atoms with van der Waals surface area (Å²) in [5.41, 5.74) is 6.68. The predicted octanol–water partition coefficient (Wildman–Crippen LogP) is -0.0817. The summed E-state index contributed by atoms with van der Waals surface area (Å²) in [4.78, 5) is 3.79. The minimum absolute atomic E-state index is 0.135. The second kappa shape index (κ2) is 5.37. The standard InChI is InChI=1S/C11H15N5O2S/c1-16-9(4-7-14-16)5-8-15-19(17,18)11-10(12)3-2-6-13-11/h2-4,6-7,15H,5,8,12H2,1H3. The van der Waals surface area contributed by atoms with Crippen molar-refractivity contribution in [3.05, 3.63) is 36.3 Å². The van der Waals surface area contributed by atoms with E-state index < -0.39 is 10.0 Å². The predicted molar refractivity (Wildman–Crippen MR) is 70.7 cm³/mol. The van der Waals surface area contributed by atoms with Crippen LogP contribution in [0.5, 0.6) is 0 Å². The Bertz CT molecular complexity index is 665. The largest absolute Gasteiger partial charge is 0.396 e. The molecule has 0 saturated carbocycles. The number of nitrogens with zero attached hydrogens (tertiary/aromatic N) is 3. The van der Waals surface area contributed by atoms with Gasteiger partial charge in [0, 0.05) is 38.1 Å².